The molecule has 2 heterocycles. The van der Waals surface area contributed by atoms with Crippen molar-refractivity contribution in [1.82, 2.24) is 4.90 Å². The van der Waals surface area contributed by atoms with Crippen molar-refractivity contribution in [2.75, 3.05) is 6.54 Å². The van der Waals surface area contributed by atoms with Crippen molar-refractivity contribution in [1.29, 1.82) is 5.26 Å². The van der Waals surface area contributed by atoms with Gasteiger partial charge in [-0.25, -0.2) is 0 Å². The van der Waals surface area contributed by atoms with E-state index in [9.17, 15) is 4.79 Å². The van der Waals surface area contributed by atoms with Crippen LogP contribution < -0.4 is 0 Å². The predicted molar refractivity (Wildman–Crippen MR) is 73.7 cm³/mol. The van der Waals surface area contributed by atoms with Crippen LogP contribution in [0, 0.1) is 11.3 Å². The summed E-state index contributed by atoms with van der Waals surface area (Å²) in [5.41, 5.74) is 0. The van der Waals surface area contributed by atoms with Crippen molar-refractivity contribution in [2.24, 2.45) is 0 Å². The van der Waals surface area contributed by atoms with E-state index in [4.69, 9.17) is 14.7 Å². The minimum absolute atomic E-state index is 0.0405. The number of amides is 1. The van der Waals surface area contributed by atoms with Crippen molar-refractivity contribution in [3.05, 3.63) is 0 Å². The Labute approximate surface area is 120 Å². The molecule has 20 heavy (non-hydrogen) atoms. The molecule has 2 fully saturated rings. The predicted octanol–water partition coefficient (Wildman–Crippen LogP) is 2.21. The summed E-state index contributed by atoms with van der Waals surface area (Å²) in [7, 11) is 0. The Balaban J connectivity index is 2.12. The molecule has 2 saturated heterocycles. The highest BCUT2D eigenvalue weighted by Crippen LogP contribution is 2.34. The maximum atomic E-state index is 11.8. The third-order valence-electron chi connectivity index (χ3n) is 4.08. The summed E-state index contributed by atoms with van der Waals surface area (Å²) < 4.78 is 11.8. The zero-order chi connectivity index (χ0) is 14.8. The van der Waals surface area contributed by atoms with Gasteiger partial charge in [0.1, 0.15) is 0 Å². The summed E-state index contributed by atoms with van der Waals surface area (Å²) in [6.45, 7) is 6.19. The van der Waals surface area contributed by atoms with Crippen LogP contribution in [-0.4, -0.2) is 41.4 Å². The smallest absolute Gasteiger partial charge is 0.219 e. The first-order chi connectivity index (χ1) is 9.43. The number of nitriles is 1. The highest BCUT2D eigenvalue weighted by Gasteiger charge is 2.42. The molecule has 1 amide bonds. The van der Waals surface area contributed by atoms with E-state index >= 15 is 0 Å². The number of rotatable bonds is 2. The normalized spacial score (nSPS) is 33.5. The Morgan fingerprint density at radius 2 is 2.15 bits per heavy atom. The molecule has 0 aromatic rings. The average molecular weight is 280 g/mol. The van der Waals surface area contributed by atoms with Crippen LogP contribution in [0.15, 0.2) is 0 Å². The summed E-state index contributed by atoms with van der Waals surface area (Å²) in [6, 6.07) is 2.29. The molecule has 2 aliphatic heterocycles. The number of piperidine rings is 1. The number of ether oxygens (including phenoxy) is 2. The minimum atomic E-state index is -0.690. The number of hydrogen-bond acceptors (Lipinski definition) is 4. The van der Waals surface area contributed by atoms with Gasteiger partial charge in [-0.05, 0) is 33.1 Å². The number of carbonyl (C=O) groups excluding carboxylic acids is 1. The first-order valence-electron chi connectivity index (χ1n) is 7.43. The SMILES string of the molecule is CC(=O)N1CCCCC1C1CC(CC#N)OC(C)(C)O1. The second kappa shape index (κ2) is 6.11. The van der Waals surface area contributed by atoms with Crippen molar-refractivity contribution >= 4 is 5.91 Å². The molecule has 2 aliphatic rings. The lowest BCUT2D eigenvalue weighted by molar-refractivity contribution is -0.307. The van der Waals surface area contributed by atoms with Crippen LogP contribution in [0.2, 0.25) is 0 Å². The van der Waals surface area contributed by atoms with Gasteiger partial charge in [0, 0.05) is 19.9 Å². The van der Waals surface area contributed by atoms with E-state index < -0.39 is 5.79 Å². The number of likely N-dealkylation sites (tertiary alicyclic amines) is 1. The maximum Gasteiger partial charge on any atom is 0.219 e. The van der Waals surface area contributed by atoms with Crippen LogP contribution in [-0.2, 0) is 14.3 Å². The molecule has 0 bridgehead atoms. The van der Waals surface area contributed by atoms with Gasteiger partial charge < -0.3 is 14.4 Å². The molecule has 0 aromatic heterocycles. The third kappa shape index (κ3) is 3.50. The largest absolute Gasteiger partial charge is 0.346 e. The second-order valence-corrected chi connectivity index (χ2v) is 6.17. The summed E-state index contributed by atoms with van der Waals surface area (Å²) in [4.78, 5) is 13.7. The fourth-order valence-corrected chi connectivity index (χ4v) is 3.35. The van der Waals surface area contributed by atoms with Crippen molar-refractivity contribution in [2.45, 2.75) is 76.9 Å². The molecular formula is C15H24N2O3. The fourth-order valence-electron chi connectivity index (χ4n) is 3.35. The van der Waals surface area contributed by atoms with Gasteiger partial charge >= 0.3 is 0 Å². The lowest BCUT2D eigenvalue weighted by atomic mass is 9.92. The first-order valence-corrected chi connectivity index (χ1v) is 7.43. The van der Waals surface area contributed by atoms with Gasteiger partial charge in [-0.2, -0.15) is 5.26 Å². The molecule has 0 N–H and O–H groups in total. The van der Waals surface area contributed by atoms with Crippen LogP contribution in [0.3, 0.4) is 0 Å². The molecule has 3 unspecified atom stereocenters. The Hall–Kier alpha value is -1.12. The molecule has 0 radical (unpaired) electrons. The topological polar surface area (TPSA) is 62.6 Å². The molecule has 0 aromatic carbocycles. The summed E-state index contributed by atoms with van der Waals surface area (Å²) in [6.07, 6.45) is 4.06. The zero-order valence-corrected chi connectivity index (χ0v) is 12.6. The standard InChI is InChI=1S/C15H24N2O3/c1-11(18)17-9-5-4-6-13(17)14-10-12(7-8-16)19-15(2,3)20-14/h12-14H,4-7,9-10H2,1-3H3. The minimum Gasteiger partial charge on any atom is -0.346 e. The van der Waals surface area contributed by atoms with E-state index in [0.29, 0.717) is 12.8 Å². The van der Waals surface area contributed by atoms with Gasteiger partial charge in [0.05, 0.1) is 30.7 Å². The van der Waals surface area contributed by atoms with Crippen LogP contribution in [0.4, 0.5) is 0 Å². The van der Waals surface area contributed by atoms with Crippen molar-refractivity contribution < 1.29 is 14.3 Å². The number of nitrogens with zero attached hydrogens (tertiary/aromatic N) is 2. The van der Waals surface area contributed by atoms with Crippen molar-refractivity contribution in [3.63, 3.8) is 0 Å². The van der Waals surface area contributed by atoms with Gasteiger partial charge in [0.15, 0.2) is 5.79 Å². The summed E-state index contributed by atoms with van der Waals surface area (Å²) >= 11 is 0. The number of carbonyl (C=O) groups is 1. The van der Waals surface area contributed by atoms with Crippen molar-refractivity contribution in [3.8, 4) is 6.07 Å². The lowest BCUT2D eigenvalue weighted by Gasteiger charge is -2.47. The van der Waals surface area contributed by atoms with Gasteiger partial charge in [0.2, 0.25) is 5.91 Å². The Kier molecular flexibility index (Phi) is 4.66. The molecule has 5 heteroatoms. The van der Waals surface area contributed by atoms with E-state index in [2.05, 4.69) is 6.07 Å². The molecule has 112 valence electrons. The Bertz CT molecular complexity index is 402. The van der Waals surface area contributed by atoms with E-state index in [1.807, 2.05) is 18.7 Å². The Morgan fingerprint density at radius 3 is 2.80 bits per heavy atom. The molecule has 3 atom stereocenters. The van der Waals surface area contributed by atoms with Gasteiger partial charge in [0.25, 0.3) is 0 Å². The van der Waals surface area contributed by atoms with Gasteiger partial charge in [-0.3, -0.25) is 4.79 Å². The molecular weight excluding hydrogens is 256 g/mol. The third-order valence-corrected chi connectivity index (χ3v) is 4.08. The van der Waals surface area contributed by atoms with Crippen LogP contribution in [0.25, 0.3) is 0 Å². The fraction of sp³-hybridized carbons (Fsp3) is 0.867. The summed E-state index contributed by atoms with van der Waals surface area (Å²) in [5, 5.41) is 8.89. The zero-order valence-electron chi connectivity index (χ0n) is 12.6. The molecule has 0 spiro atoms. The van der Waals surface area contributed by atoms with Crippen LogP contribution in [0.5, 0.6) is 0 Å². The second-order valence-electron chi connectivity index (χ2n) is 6.17. The van der Waals surface area contributed by atoms with Crippen LogP contribution >= 0.6 is 0 Å². The Morgan fingerprint density at radius 1 is 1.40 bits per heavy atom. The first kappa shape index (κ1) is 15.3. The van der Waals surface area contributed by atoms with E-state index in [1.54, 1.807) is 6.92 Å². The van der Waals surface area contributed by atoms with E-state index in [1.165, 1.54) is 0 Å². The van der Waals surface area contributed by atoms with Gasteiger partial charge in [-0.15, -0.1) is 0 Å². The van der Waals surface area contributed by atoms with E-state index in [-0.39, 0.29) is 24.2 Å². The monoisotopic (exact) mass is 280 g/mol. The lowest BCUT2D eigenvalue weighted by Crippen LogP contribution is -2.56. The van der Waals surface area contributed by atoms with Crippen LogP contribution in [0.1, 0.15) is 52.9 Å². The quantitative estimate of drug-likeness (QED) is 0.778. The average Bonchev–Trinajstić information content (AvgIpc) is 2.37. The number of hydrogen-bond donors (Lipinski definition) is 0. The maximum absolute atomic E-state index is 11.8. The molecule has 0 saturated carbocycles. The summed E-state index contributed by atoms with van der Waals surface area (Å²) in [5.74, 6) is -0.580. The highest BCUT2D eigenvalue weighted by molar-refractivity contribution is 5.73. The van der Waals surface area contributed by atoms with E-state index in [0.717, 1.165) is 25.8 Å². The molecule has 2 rings (SSSR count). The van der Waals surface area contributed by atoms with Gasteiger partial charge in [-0.1, -0.05) is 0 Å². The highest BCUT2D eigenvalue weighted by atomic mass is 16.7. The molecule has 0 aliphatic carbocycles. The molecule has 5 nitrogen and oxygen atoms in total.